The Morgan fingerprint density at radius 3 is 2.74 bits per heavy atom. The van der Waals surface area contributed by atoms with Crippen LogP contribution >= 0.6 is 0 Å². The summed E-state index contributed by atoms with van der Waals surface area (Å²) in [7, 11) is 1.92. The summed E-state index contributed by atoms with van der Waals surface area (Å²) < 4.78 is 0. The van der Waals surface area contributed by atoms with E-state index in [1.807, 2.05) is 42.3 Å². The molecule has 1 amide bonds. The molecule has 2 atom stereocenters. The number of piperidine rings is 1. The lowest BCUT2D eigenvalue weighted by Gasteiger charge is -2.39. The average molecular weight is 264 g/mol. The standard InChI is InChI=1S/C14H20N2O3/c1-15(9-11-5-3-2-4-6-11)12-10-16(14(18)19)8-7-13(12)17/h2-6,12-13,17H,7-10H2,1H3,(H,18,19)/t12-,13-/m0/s1. The van der Waals surface area contributed by atoms with E-state index in [1.54, 1.807) is 0 Å². The Bertz CT molecular complexity index is 424. The number of aliphatic hydroxyl groups is 1. The fraction of sp³-hybridized carbons (Fsp3) is 0.500. The van der Waals surface area contributed by atoms with Gasteiger partial charge in [0.2, 0.25) is 0 Å². The van der Waals surface area contributed by atoms with E-state index >= 15 is 0 Å². The van der Waals surface area contributed by atoms with E-state index in [0.29, 0.717) is 26.1 Å². The van der Waals surface area contributed by atoms with Gasteiger partial charge in [0.1, 0.15) is 0 Å². The van der Waals surface area contributed by atoms with Gasteiger partial charge in [-0.2, -0.15) is 0 Å². The van der Waals surface area contributed by atoms with Crippen molar-refractivity contribution in [3.8, 4) is 0 Å². The van der Waals surface area contributed by atoms with Crippen molar-refractivity contribution in [1.82, 2.24) is 9.80 Å². The number of nitrogens with zero attached hydrogens (tertiary/aromatic N) is 2. The molecule has 1 aromatic rings. The number of benzene rings is 1. The molecule has 0 bridgehead atoms. The second-order valence-corrected chi connectivity index (χ2v) is 5.05. The minimum absolute atomic E-state index is 0.148. The first-order valence-electron chi connectivity index (χ1n) is 6.48. The molecule has 104 valence electrons. The van der Waals surface area contributed by atoms with Crippen molar-refractivity contribution in [1.29, 1.82) is 0 Å². The van der Waals surface area contributed by atoms with E-state index in [2.05, 4.69) is 0 Å². The van der Waals surface area contributed by atoms with Crippen molar-refractivity contribution in [2.75, 3.05) is 20.1 Å². The first-order chi connectivity index (χ1) is 9.08. The van der Waals surface area contributed by atoms with Gasteiger partial charge in [0.15, 0.2) is 0 Å². The molecule has 0 unspecified atom stereocenters. The third-order valence-corrected chi connectivity index (χ3v) is 3.66. The molecule has 19 heavy (non-hydrogen) atoms. The lowest BCUT2D eigenvalue weighted by molar-refractivity contribution is -0.000157. The molecule has 0 radical (unpaired) electrons. The molecule has 0 aliphatic carbocycles. The molecule has 2 rings (SSSR count). The van der Waals surface area contributed by atoms with Crippen LogP contribution in [0.2, 0.25) is 0 Å². The molecule has 1 aromatic carbocycles. The van der Waals surface area contributed by atoms with Crippen molar-refractivity contribution in [3.05, 3.63) is 35.9 Å². The maximum absolute atomic E-state index is 11.0. The molecule has 1 aliphatic heterocycles. The SMILES string of the molecule is CN(Cc1ccccc1)[C@H]1CN(C(=O)O)CC[C@@H]1O. The largest absolute Gasteiger partial charge is 0.465 e. The number of carboxylic acid groups (broad SMARTS) is 1. The van der Waals surface area contributed by atoms with Crippen LogP contribution in [0.15, 0.2) is 30.3 Å². The predicted octanol–water partition coefficient (Wildman–Crippen LogP) is 1.23. The number of amides is 1. The van der Waals surface area contributed by atoms with Gasteiger partial charge in [-0.3, -0.25) is 4.90 Å². The second kappa shape index (κ2) is 6.04. The van der Waals surface area contributed by atoms with Crippen molar-refractivity contribution in [3.63, 3.8) is 0 Å². The number of likely N-dealkylation sites (N-methyl/N-ethyl adjacent to an activating group) is 1. The van der Waals surface area contributed by atoms with Crippen molar-refractivity contribution in [2.45, 2.75) is 25.1 Å². The zero-order chi connectivity index (χ0) is 13.8. The van der Waals surface area contributed by atoms with Crippen molar-refractivity contribution >= 4 is 6.09 Å². The monoisotopic (exact) mass is 264 g/mol. The van der Waals surface area contributed by atoms with Crippen LogP contribution in [0.25, 0.3) is 0 Å². The zero-order valence-corrected chi connectivity index (χ0v) is 11.1. The highest BCUT2D eigenvalue weighted by atomic mass is 16.4. The van der Waals surface area contributed by atoms with Gasteiger partial charge in [-0.15, -0.1) is 0 Å². The summed E-state index contributed by atoms with van der Waals surface area (Å²) in [6, 6.07) is 9.82. The first kappa shape index (κ1) is 13.8. The van der Waals surface area contributed by atoms with Gasteiger partial charge in [0, 0.05) is 19.6 Å². The number of aliphatic hydroxyl groups excluding tert-OH is 1. The molecule has 1 saturated heterocycles. The van der Waals surface area contributed by atoms with Crippen LogP contribution in [0.4, 0.5) is 4.79 Å². The molecule has 5 nitrogen and oxygen atoms in total. The maximum atomic E-state index is 11.0. The second-order valence-electron chi connectivity index (χ2n) is 5.05. The Hall–Kier alpha value is -1.59. The zero-order valence-electron chi connectivity index (χ0n) is 11.1. The van der Waals surface area contributed by atoms with Crippen LogP contribution in [0.3, 0.4) is 0 Å². The molecule has 5 heteroatoms. The number of likely N-dealkylation sites (tertiary alicyclic amines) is 1. The molecule has 0 saturated carbocycles. The van der Waals surface area contributed by atoms with Crippen LogP contribution in [-0.4, -0.2) is 58.4 Å². The highest BCUT2D eigenvalue weighted by Crippen LogP contribution is 2.17. The predicted molar refractivity (Wildman–Crippen MR) is 71.9 cm³/mol. The lowest BCUT2D eigenvalue weighted by Crippen LogP contribution is -2.55. The maximum Gasteiger partial charge on any atom is 0.407 e. The van der Waals surface area contributed by atoms with Gasteiger partial charge < -0.3 is 15.1 Å². The molecule has 1 aliphatic rings. The molecule has 1 fully saturated rings. The summed E-state index contributed by atoms with van der Waals surface area (Å²) in [4.78, 5) is 14.4. The Kier molecular flexibility index (Phi) is 4.39. The molecular formula is C14H20N2O3. The van der Waals surface area contributed by atoms with Crippen LogP contribution in [0.5, 0.6) is 0 Å². The van der Waals surface area contributed by atoms with Gasteiger partial charge in [0.05, 0.1) is 12.1 Å². The Morgan fingerprint density at radius 1 is 1.42 bits per heavy atom. The Morgan fingerprint density at radius 2 is 2.11 bits per heavy atom. The van der Waals surface area contributed by atoms with Gasteiger partial charge in [-0.05, 0) is 19.0 Å². The average Bonchev–Trinajstić information content (AvgIpc) is 2.40. The lowest BCUT2D eigenvalue weighted by atomic mass is 10.0. The summed E-state index contributed by atoms with van der Waals surface area (Å²) in [5.74, 6) is 0. The molecule has 2 N–H and O–H groups in total. The fourth-order valence-electron chi connectivity index (χ4n) is 2.51. The van der Waals surface area contributed by atoms with Gasteiger partial charge in [0.25, 0.3) is 0 Å². The Labute approximate surface area is 113 Å². The van der Waals surface area contributed by atoms with Crippen molar-refractivity contribution in [2.24, 2.45) is 0 Å². The van der Waals surface area contributed by atoms with Gasteiger partial charge in [-0.1, -0.05) is 30.3 Å². The third-order valence-electron chi connectivity index (χ3n) is 3.66. The highest BCUT2D eigenvalue weighted by molar-refractivity contribution is 5.65. The van der Waals surface area contributed by atoms with E-state index in [-0.39, 0.29) is 6.04 Å². The van der Waals surface area contributed by atoms with E-state index < -0.39 is 12.2 Å². The summed E-state index contributed by atoms with van der Waals surface area (Å²) in [5, 5.41) is 19.1. The first-order valence-corrected chi connectivity index (χ1v) is 6.48. The van der Waals surface area contributed by atoms with Gasteiger partial charge in [-0.25, -0.2) is 4.79 Å². The van der Waals surface area contributed by atoms with E-state index in [9.17, 15) is 9.90 Å². The molecular weight excluding hydrogens is 244 g/mol. The van der Waals surface area contributed by atoms with Crippen LogP contribution in [-0.2, 0) is 6.54 Å². The van der Waals surface area contributed by atoms with Crippen LogP contribution < -0.4 is 0 Å². The van der Waals surface area contributed by atoms with E-state index in [0.717, 1.165) is 5.56 Å². The summed E-state index contributed by atoms with van der Waals surface area (Å²) in [6.45, 7) is 1.47. The van der Waals surface area contributed by atoms with E-state index in [1.165, 1.54) is 4.90 Å². The van der Waals surface area contributed by atoms with Gasteiger partial charge >= 0.3 is 6.09 Å². The topological polar surface area (TPSA) is 64.0 Å². The van der Waals surface area contributed by atoms with Crippen LogP contribution in [0, 0.1) is 0 Å². The molecule has 0 aromatic heterocycles. The number of rotatable bonds is 3. The number of hydrogen-bond acceptors (Lipinski definition) is 3. The van der Waals surface area contributed by atoms with Crippen LogP contribution in [0.1, 0.15) is 12.0 Å². The van der Waals surface area contributed by atoms with Crippen molar-refractivity contribution < 1.29 is 15.0 Å². The summed E-state index contributed by atoms with van der Waals surface area (Å²) >= 11 is 0. The van der Waals surface area contributed by atoms with E-state index in [4.69, 9.17) is 5.11 Å². The normalized spacial score (nSPS) is 23.6. The smallest absolute Gasteiger partial charge is 0.407 e. The molecule has 1 heterocycles. The number of carbonyl (C=O) groups is 1. The minimum Gasteiger partial charge on any atom is -0.465 e. The highest BCUT2D eigenvalue weighted by Gasteiger charge is 2.32. The summed E-state index contributed by atoms with van der Waals surface area (Å²) in [6.07, 6.45) is -0.884. The quantitative estimate of drug-likeness (QED) is 0.862. The summed E-state index contributed by atoms with van der Waals surface area (Å²) in [5.41, 5.74) is 1.16. The minimum atomic E-state index is -0.912. The Balaban J connectivity index is 2.00. The molecule has 0 spiro atoms. The number of hydrogen-bond donors (Lipinski definition) is 2. The third kappa shape index (κ3) is 3.45. The fourth-order valence-corrected chi connectivity index (χ4v) is 2.51.